The van der Waals surface area contributed by atoms with Crippen LogP contribution >= 0.6 is 0 Å². The average Bonchev–Trinajstić information content (AvgIpc) is 2.51. The Morgan fingerprint density at radius 1 is 1.36 bits per heavy atom. The molecule has 5 nitrogen and oxygen atoms in total. The van der Waals surface area contributed by atoms with Crippen molar-refractivity contribution < 1.29 is 14.3 Å². The fourth-order valence-corrected chi connectivity index (χ4v) is 2.13. The fourth-order valence-electron chi connectivity index (χ4n) is 2.13. The van der Waals surface area contributed by atoms with Gasteiger partial charge in [-0.15, -0.1) is 0 Å². The molecule has 0 bridgehead atoms. The summed E-state index contributed by atoms with van der Waals surface area (Å²) in [6, 6.07) is 8.75. The van der Waals surface area contributed by atoms with E-state index in [9.17, 15) is 9.59 Å². The molecular formula is C17H18N2O3. The molecule has 1 heterocycles. The summed E-state index contributed by atoms with van der Waals surface area (Å²) >= 11 is 0. The second-order valence-corrected chi connectivity index (χ2v) is 4.77. The van der Waals surface area contributed by atoms with Crippen LogP contribution in [0.25, 0.3) is 6.08 Å². The molecule has 114 valence electrons. The van der Waals surface area contributed by atoms with Gasteiger partial charge in [0, 0.05) is 5.70 Å². The Kier molecular flexibility index (Phi) is 5.14. The van der Waals surface area contributed by atoms with Crippen molar-refractivity contribution in [1.29, 1.82) is 0 Å². The molecule has 0 aromatic heterocycles. The molecule has 0 fully saturated rings. The molecule has 1 aromatic rings. The van der Waals surface area contributed by atoms with Gasteiger partial charge in [0.15, 0.2) is 0 Å². The number of urea groups is 1. The van der Waals surface area contributed by atoms with Crippen molar-refractivity contribution in [3.63, 3.8) is 0 Å². The van der Waals surface area contributed by atoms with Crippen LogP contribution in [0.5, 0.6) is 0 Å². The number of allylic oxidation sites excluding steroid dienone is 1. The normalized spacial score (nSPS) is 17.9. The van der Waals surface area contributed by atoms with Crippen LogP contribution < -0.4 is 10.6 Å². The highest BCUT2D eigenvalue weighted by atomic mass is 16.5. The Hall–Kier alpha value is -2.82. The summed E-state index contributed by atoms with van der Waals surface area (Å²) in [7, 11) is 0. The lowest BCUT2D eigenvalue weighted by Gasteiger charge is -2.25. The van der Waals surface area contributed by atoms with Gasteiger partial charge in [-0.1, -0.05) is 55.1 Å². The quantitative estimate of drug-likeness (QED) is 0.648. The van der Waals surface area contributed by atoms with Gasteiger partial charge in [0.1, 0.15) is 6.61 Å². The summed E-state index contributed by atoms with van der Waals surface area (Å²) in [5, 5.41) is 5.29. The van der Waals surface area contributed by atoms with Crippen LogP contribution in [0.15, 0.2) is 60.3 Å². The number of hydrogen-bond donors (Lipinski definition) is 2. The molecule has 1 unspecified atom stereocenters. The Morgan fingerprint density at radius 3 is 2.77 bits per heavy atom. The molecule has 0 spiro atoms. The van der Waals surface area contributed by atoms with Gasteiger partial charge >= 0.3 is 12.0 Å². The highest BCUT2D eigenvalue weighted by Gasteiger charge is 2.29. The van der Waals surface area contributed by atoms with Crippen molar-refractivity contribution >= 4 is 18.1 Å². The number of carbonyl (C=O) groups is 2. The van der Waals surface area contributed by atoms with E-state index in [2.05, 4.69) is 17.2 Å². The second kappa shape index (κ2) is 7.26. The first-order chi connectivity index (χ1) is 10.6. The van der Waals surface area contributed by atoms with Gasteiger partial charge in [0.05, 0.1) is 11.6 Å². The first kappa shape index (κ1) is 15.6. The Bertz CT molecular complexity index is 633. The standard InChI is InChI=1S/C17H18N2O3/c1-3-11-22-16(20)15-12(2)18-17(21)19-14(15)10-9-13-7-5-4-6-8-13/h3-10,14H,1,11H2,2H3,(H2,18,19,21). The van der Waals surface area contributed by atoms with Crippen LogP contribution in [0.3, 0.4) is 0 Å². The number of nitrogens with one attached hydrogen (secondary N) is 2. The van der Waals surface area contributed by atoms with Gasteiger partial charge in [0.2, 0.25) is 0 Å². The van der Waals surface area contributed by atoms with Crippen LogP contribution in [0, 0.1) is 0 Å². The van der Waals surface area contributed by atoms with Crippen molar-refractivity contribution in [3.8, 4) is 0 Å². The van der Waals surface area contributed by atoms with Crippen LogP contribution in [-0.2, 0) is 9.53 Å². The topological polar surface area (TPSA) is 67.4 Å². The molecule has 1 aliphatic rings. The van der Waals surface area contributed by atoms with Crippen LogP contribution in [-0.4, -0.2) is 24.6 Å². The monoisotopic (exact) mass is 298 g/mol. The van der Waals surface area contributed by atoms with Crippen molar-refractivity contribution in [2.24, 2.45) is 0 Å². The molecule has 1 aliphatic heterocycles. The zero-order chi connectivity index (χ0) is 15.9. The number of amides is 2. The molecule has 0 saturated heterocycles. The van der Waals surface area contributed by atoms with E-state index in [0.29, 0.717) is 11.3 Å². The summed E-state index contributed by atoms with van der Waals surface area (Å²) in [5.74, 6) is -0.479. The number of carbonyl (C=O) groups excluding carboxylic acids is 2. The highest BCUT2D eigenvalue weighted by molar-refractivity contribution is 5.95. The summed E-state index contributed by atoms with van der Waals surface area (Å²) in [4.78, 5) is 23.8. The molecule has 2 amide bonds. The summed E-state index contributed by atoms with van der Waals surface area (Å²) in [5.41, 5.74) is 1.85. The lowest BCUT2D eigenvalue weighted by molar-refractivity contribution is -0.138. The number of ether oxygens (including phenoxy) is 1. The Morgan fingerprint density at radius 2 is 2.09 bits per heavy atom. The van der Waals surface area contributed by atoms with Crippen molar-refractivity contribution in [2.45, 2.75) is 13.0 Å². The minimum atomic E-state index is -0.536. The molecule has 2 N–H and O–H groups in total. The zero-order valence-electron chi connectivity index (χ0n) is 12.3. The minimum absolute atomic E-state index is 0.124. The van der Waals surface area contributed by atoms with Crippen LogP contribution in [0.1, 0.15) is 12.5 Å². The van der Waals surface area contributed by atoms with E-state index in [4.69, 9.17) is 4.74 Å². The number of rotatable bonds is 5. The Balaban J connectivity index is 2.24. The predicted molar refractivity (Wildman–Crippen MR) is 84.8 cm³/mol. The molecule has 1 aromatic carbocycles. The predicted octanol–water partition coefficient (Wildman–Crippen LogP) is 2.38. The van der Waals surface area contributed by atoms with Crippen molar-refractivity contribution in [2.75, 3.05) is 6.61 Å². The van der Waals surface area contributed by atoms with Gasteiger partial charge < -0.3 is 15.4 Å². The number of esters is 1. The SMILES string of the molecule is C=CCOC(=O)C1=C(C)NC(=O)NC1C=Cc1ccccc1. The Labute approximate surface area is 129 Å². The lowest BCUT2D eigenvalue weighted by atomic mass is 10.0. The molecular weight excluding hydrogens is 280 g/mol. The van der Waals surface area contributed by atoms with E-state index in [1.165, 1.54) is 6.08 Å². The first-order valence-corrected chi connectivity index (χ1v) is 6.91. The minimum Gasteiger partial charge on any atom is -0.458 e. The summed E-state index contributed by atoms with van der Waals surface area (Å²) in [6.07, 6.45) is 5.11. The van der Waals surface area contributed by atoms with Gasteiger partial charge in [0.25, 0.3) is 0 Å². The van der Waals surface area contributed by atoms with E-state index in [-0.39, 0.29) is 12.6 Å². The summed E-state index contributed by atoms with van der Waals surface area (Å²) in [6.45, 7) is 5.31. The fraction of sp³-hybridized carbons (Fsp3) is 0.176. The van der Waals surface area contributed by atoms with E-state index in [1.54, 1.807) is 13.0 Å². The van der Waals surface area contributed by atoms with Gasteiger partial charge in [-0.2, -0.15) is 0 Å². The van der Waals surface area contributed by atoms with E-state index in [0.717, 1.165) is 5.56 Å². The molecule has 22 heavy (non-hydrogen) atoms. The van der Waals surface area contributed by atoms with Gasteiger partial charge in [-0.3, -0.25) is 0 Å². The zero-order valence-corrected chi connectivity index (χ0v) is 12.3. The van der Waals surface area contributed by atoms with Gasteiger partial charge in [-0.25, -0.2) is 9.59 Å². The average molecular weight is 298 g/mol. The van der Waals surface area contributed by atoms with E-state index >= 15 is 0 Å². The van der Waals surface area contributed by atoms with E-state index in [1.807, 2.05) is 36.4 Å². The van der Waals surface area contributed by atoms with Crippen LogP contribution in [0.2, 0.25) is 0 Å². The maximum atomic E-state index is 12.1. The third-order valence-corrected chi connectivity index (χ3v) is 3.14. The van der Waals surface area contributed by atoms with Crippen molar-refractivity contribution in [3.05, 3.63) is 65.9 Å². The maximum Gasteiger partial charge on any atom is 0.338 e. The number of benzene rings is 1. The second-order valence-electron chi connectivity index (χ2n) is 4.77. The number of hydrogen-bond acceptors (Lipinski definition) is 3. The lowest BCUT2D eigenvalue weighted by Crippen LogP contribution is -2.49. The summed E-state index contributed by atoms with van der Waals surface area (Å²) < 4.78 is 5.08. The largest absolute Gasteiger partial charge is 0.458 e. The van der Waals surface area contributed by atoms with Gasteiger partial charge in [-0.05, 0) is 12.5 Å². The molecule has 2 rings (SSSR count). The highest BCUT2D eigenvalue weighted by Crippen LogP contribution is 2.16. The first-order valence-electron chi connectivity index (χ1n) is 6.91. The molecule has 5 heteroatoms. The third kappa shape index (κ3) is 3.85. The molecule has 1 atom stereocenters. The maximum absolute atomic E-state index is 12.1. The molecule has 0 aliphatic carbocycles. The van der Waals surface area contributed by atoms with Crippen LogP contribution in [0.4, 0.5) is 4.79 Å². The third-order valence-electron chi connectivity index (χ3n) is 3.14. The van der Waals surface area contributed by atoms with Crippen molar-refractivity contribution in [1.82, 2.24) is 10.6 Å². The molecule has 0 radical (unpaired) electrons. The molecule has 0 saturated carbocycles. The smallest absolute Gasteiger partial charge is 0.338 e. The van der Waals surface area contributed by atoms with E-state index < -0.39 is 12.0 Å².